The van der Waals surface area contributed by atoms with Crippen LogP contribution in [0.1, 0.15) is 36.1 Å². The molecule has 2 saturated heterocycles. The molecule has 2 fully saturated rings. The highest BCUT2D eigenvalue weighted by atomic mass is 31.2. The van der Waals surface area contributed by atoms with Crippen molar-refractivity contribution in [3.05, 3.63) is 192 Å². The third kappa shape index (κ3) is 5.61. The molecule has 0 aliphatic carbocycles. The van der Waals surface area contributed by atoms with E-state index in [0.717, 1.165) is 65.3 Å². The van der Waals surface area contributed by atoms with Crippen LogP contribution in [-0.4, -0.2) is 36.8 Å². The molecule has 0 N–H and O–H groups in total. The maximum Gasteiger partial charge on any atom is 0.260 e. The topological polar surface area (TPSA) is 40.2 Å². The number of fused-ring (bicyclic) bond motifs is 5. The van der Waals surface area contributed by atoms with E-state index in [2.05, 4.69) is 175 Å². The van der Waals surface area contributed by atoms with Crippen LogP contribution in [0, 0.1) is 0 Å². The van der Waals surface area contributed by atoms with Gasteiger partial charge in [-0.3, -0.25) is 0 Å². The standard InChI is InChI=1S/C49H42NO4P/c1-47(2)51-45-46(52-47)49(43-27-23-35-15-7-11-19-39(35)31-43,44-28-24-36-16-8-12-20-40(36)32-44)54-55(50(3)4)53-48(45,41-25-21-33-13-5-9-17-37(33)29-41)42-26-22-34-14-6-10-18-38(34)30-42/h5-32,45-46H,1-4H3/t45-,46-/m1/s1. The molecule has 0 spiro atoms. The summed E-state index contributed by atoms with van der Waals surface area (Å²) in [5.41, 5.74) is 1.56. The Morgan fingerprint density at radius 3 is 0.945 bits per heavy atom. The van der Waals surface area contributed by atoms with Crippen LogP contribution in [0.15, 0.2) is 170 Å². The van der Waals surface area contributed by atoms with E-state index in [-0.39, 0.29) is 0 Å². The molecule has 2 aliphatic heterocycles. The zero-order chi connectivity index (χ0) is 37.4. The Morgan fingerprint density at radius 2 is 0.673 bits per heavy atom. The average Bonchev–Trinajstić information content (AvgIpc) is 3.49. The van der Waals surface area contributed by atoms with Gasteiger partial charge in [-0.2, -0.15) is 0 Å². The van der Waals surface area contributed by atoms with Crippen LogP contribution in [-0.2, 0) is 29.7 Å². The fourth-order valence-corrected chi connectivity index (χ4v) is 10.3. The minimum absolute atomic E-state index is 0.671. The number of benzene rings is 8. The normalized spacial score (nSPS) is 20.6. The molecule has 0 saturated carbocycles. The van der Waals surface area contributed by atoms with E-state index < -0.39 is 37.7 Å². The molecular weight excluding hydrogens is 698 g/mol. The predicted molar refractivity (Wildman–Crippen MR) is 224 cm³/mol. The van der Waals surface area contributed by atoms with E-state index in [9.17, 15) is 0 Å². The van der Waals surface area contributed by atoms with E-state index in [1.807, 2.05) is 27.9 Å². The van der Waals surface area contributed by atoms with Crippen molar-refractivity contribution in [3.8, 4) is 0 Å². The van der Waals surface area contributed by atoms with Crippen molar-refractivity contribution in [2.45, 2.75) is 43.0 Å². The maximum atomic E-state index is 7.77. The Balaban J connectivity index is 1.32. The zero-order valence-corrected chi connectivity index (χ0v) is 32.2. The van der Waals surface area contributed by atoms with Gasteiger partial charge in [0.05, 0.1) is 0 Å². The van der Waals surface area contributed by atoms with Crippen molar-refractivity contribution >= 4 is 51.6 Å². The molecular formula is C49H42NO4P. The summed E-state index contributed by atoms with van der Waals surface area (Å²) in [5, 5.41) is 9.09. The highest BCUT2D eigenvalue weighted by Gasteiger charge is 2.67. The SMILES string of the molecule is CN(C)P1OC(c2ccc3ccccc3c2)(c2ccc3ccccc3c2)[C@@H]2OC(C)(C)O[C@H]2C(c2ccc3ccccc3c2)(c2ccc3ccccc3c2)O1. The van der Waals surface area contributed by atoms with E-state index >= 15 is 0 Å². The summed E-state index contributed by atoms with van der Waals surface area (Å²) in [7, 11) is 2.29. The van der Waals surface area contributed by atoms with Gasteiger partial charge in [0, 0.05) is 0 Å². The van der Waals surface area contributed by atoms with Gasteiger partial charge in [0.2, 0.25) is 0 Å². The van der Waals surface area contributed by atoms with Crippen molar-refractivity contribution in [1.29, 1.82) is 0 Å². The molecule has 8 aromatic rings. The lowest BCUT2D eigenvalue weighted by molar-refractivity contribution is -0.175. The lowest BCUT2D eigenvalue weighted by Gasteiger charge is -2.42. The van der Waals surface area contributed by atoms with E-state index in [4.69, 9.17) is 18.5 Å². The second kappa shape index (κ2) is 13.1. The summed E-state index contributed by atoms with van der Waals surface area (Å²) >= 11 is 0. The lowest BCUT2D eigenvalue weighted by atomic mass is 9.71. The molecule has 0 radical (unpaired) electrons. The van der Waals surface area contributed by atoms with Crippen LogP contribution in [0.3, 0.4) is 0 Å². The van der Waals surface area contributed by atoms with E-state index in [0.29, 0.717) is 0 Å². The Kier molecular flexibility index (Phi) is 8.20. The maximum absolute atomic E-state index is 7.77. The summed E-state index contributed by atoms with van der Waals surface area (Å²) < 4.78 is 32.3. The van der Waals surface area contributed by atoms with Crippen molar-refractivity contribution < 1.29 is 18.5 Å². The summed E-state index contributed by atoms with van der Waals surface area (Å²) in [6, 6.07) is 60.5. The van der Waals surface area contributed by atoms with Crippen molar-refractivity contribution in [2.24, 2.45) is 0 Å². The first-order valence-electron chi connectivity index (χ1n) is 18.9. The fourth-order valence-electron chi connectivity index (χ4n) is 8.77. The highest BCUT2D eigenvalue weighted by Crippen LogP contribution is 2.65. The molecule has 0 aromatic heterocycles. The van der Waals surface area contributed by atoms with E-state index in [1.54, 1.807) is 0 Å². The van der Waals surface area contributed by atoms with Gasteiger partial charge < -0.3 is 18.5 Å². The molecule has 8 aromatic carbocycles. The van der Waals surface area contributed by atoms with Crippen LogP contribution < -0.4 is 0 Å². The minimum atomic E-state index is -1.78. The molecule has 2 atom stereocenters. The molecule has 5 nitrogen and oxygen atoms in total. The largest absolute Gasteiger partial charge is 0.341 e. The van der Waals surface area contributed by atoms with Gasteiger partial charge in [0.1, 0.15) is 12.2 Å². The van der Waals surface area contributed by atoms with Crippen LogP contribution in [0.4, 0.5) is 0 Å². The Hall–Kier alpha value is -4.97. The monoisotopic (exact) mass is 739 g/mol. The lowest BCUT2D eigenvalue weighted by Crippen LogP contribution is -2.53. The molecule has 0 unspecified atom stereocenters. The van der Waals surface area contributed by atoms with Gasteiger partial charge in [-0.15, -0.1) is 0 Å². The highest BCUT2D eigenvalue weighted by molar-refractivity contribution is 7.44. The third-order valence-electron chi connectivity index (χ3n) is 11.4. The van der Waals surface area contributed by atoms with Gasteiger partial charge in [0.15, 0.2) is 17.0 Å². The molecule has 6 heteroatoms. The minimum Gasteiger partial charge on any atom is -0.341 e. The van der Waals surface area contributed by atoms with Gasteiger partial charge in [-0.05, 0) is 118 Å². The number of nitrogens with zero attached hydrogens (tertiary/aromatic N) is 1. The number of ether oxygens (including phenoxy) is 2. The first kappa shape index (κ1) is 34.5. The van der Waals surface area contributed by atoms with Crippen LogP contribution >= 0.6 is 8.53 Å². The van der Waals surface area contributed by atoms with Crippen molar-refractivity contribution in [3.63, 3.8) is 0 Å². The van der Waals surface area contributed by atoms with E-state index in [1.165, 1.54) is 0 Å². The van der Waals surface area contributed by atoms with Gasteiger partial charge in [-0.1, -0.05) is 146 Å². The Bertz CT molecular complexity index is 2400. The first-order valence-corrected chi connectivity index (χ1v) is 20.0. The third-order valence-corrected chi connectivity index (χ3v) is 12.9. The molecule has 2 aliphatic rings. The van der Waals surface area contributed by atoms with Crippen LogP contribution in [0.5, 0.6) is 0 Å². The van der Waals surface area contributed by atoms with Gasteiger partial charge in [0.25, 0.3) is 8.53 Å². The molecule has 0 amide bonds. The summed E-state index contributed by atoms with van der Waals surface area (Å²) in [4.78, 5) is 0. The molecule has 272 valence electrons. The number of hydrogen-bond acceptors (Lipinski definition) is 5. The average molecular weight is 740 g/mol. The Labute approximate surface area is 323 Å². The smallest absolute Gasteiger partial charge is 0.260 e. The van der Waals surface area contributed by atoms with Crippen LogP contribution in [0.2, 0.25) is 0 Å². The quantitative estimate of drug-likeness (QED) is 0.164. The molecule has 0 bridgehead atoms. The first-order chi connectivity index (χ1) is 26.7. The molecule has 55 heavy (non-hydrogen) atoms. The van der Waals surface area contributed by atoms with Crippen molar-refractivity contribution in [2.75, 3.05) is 14.1 Å². The van der Waals surface area contributed by atoms with Gasteiger partial charge >= 0.3 is 0 Å². The predicted octanol–water partition coefficient (Wildman–Crippen LogP) is 11.8. The second-order valence-electron chi connectivity index (χ2n) is 15.5. The zero-order valence-electron chi connectivity index (χ0n) is 31.3. The number of rotatable bonds is 5. The fraction of sp³-hybridized carbons (Fsp3) is 0.184. The summed E-state index contributed by atoms with van der Waals surface area (Å²) in [5.74, 6) is -0.988. The Morgan fingerprint density at radius 1 is 0.400 bits per heavy atom. The van der Waals surface area contributed by atoms with Gasteiger partial charge in [-0.25, -0.2) is 4.67 Å². The molecule has 10 rings (SSSR count). The second-order valence-corrected chi connectivity index (χ2v) is 17.1. The molecule has 2 heterocycles. The summed E-state index contributed by atoms with van der Waals surface area (Å²) in [6.45, 7) is 4.01. The van der Waals surface area contributed by atoms with Crippen LogP contribution in [0.25, 0.3) is 43.1 Å². The van der Waals surface area contributed by atoms with Crippen molar-refractivity contribution in [1.82, 2.24) is 4.67 Å². The number of hydrogen-bond donors (Lipinski definition) is 0. The summed E-state index contributed by atoms with van der Waals surface area (Å²) in [6.07, 6.45) is -1.34.